The lowest BCUT2D eigenvalue weighted by molar-refractivity contribution is -0.146. The van der Waals surface area contributed by atoms with E-state index in [-0.39, 0.29) is 0 Å². The number of rotatable bonds is 5. The molecule has 0 fully saturated rings. The predicted molar refractivity (Wildman–Crippen MR) is 52.4 cm³/mol. The molecule has 0 atom stereocenters. The van der Waals surface area contributed by atoms with Crippen LogP contribution in [0.15, 0.2) is 0 Å². The maximum absolute atomic E-state index is 10.7. The quantitative estimate of drug-likeness (QED) is 0.495. The van der Waals surface area contributed by atoms with Crippen LogP contribution in [0.2, 0.25) is 0 Å². The zero-order valence-corrected chi connectivity index (χ0v) is 8.48. The Morgan fingerprint density at radius 3 is 2.62 bits per heavy atom. The molecule has 3 heteroatoms. The molecular weight excluding hydrogens is 166 g/mol. The van der Waals surface area contributed by atoms with Gasteiger partial charge in [-0.25, -0.2) is 0 Å². The standard InChI is InChI=1S/C10H17NO2/c1-4-5-6-7-11-8-10(2,3)9(12)13/h11H,6-8H2,1-3H3,(H,12,13). The molecule has 0 rings (SSSR count). The van der Waals surface area contributed by atoms with E-state index >= 15 is 0 Å². The molecular formula is C10H17NO2. The molecule has 0 aliphatic carbocycles. The van der Waals surface area contributed by atoms with Gasteiger partial charge < -0.3 is 10.4 Å². The fraction of sp³-hybridized carbons (Fsp3) is 0.700. The van der Waals surface area contributed by atoms with Gasteiger partial charge in [0.25, 0.3) is 0 Å². The third kappa shape index (κ3) is 5.26. The molecule has 0 amide bonds. The molecule has 2 N–H and O–H groups in total. The van der Waals surface area contributed by atoms with Gasteiger partial charge in [-0.2, -0.15) is 0 Å². The second-order valence-electron chi connectivity index (χ2n) is 3.54. The minimum absolute atomic E-state index is 0.480. The summed E-state index contributed by atoms with van der Waals surface area (Å²) in [4.78, 5) is 10.7. The van der Waals surface area contributed by atoms with Gasteiger partial charge >= 0.3 is 5.97 Å². The molecule has 3 nitrogen and oxygen atoms in total. The average molecular weight is 183 g/mol. The Bertz CT molecular complexity index is 223. The predicted octanol–water partition coefficient (Wildman–Crippen LogP) is 1.10. The number of carbonyl (C=O) groups is 1. The van der Waals surface area contributed by atoms with Crippen molar-refractivity contribution in [3.05, 3.63) is 0 Å². The summed E-state index contributed by atoms with van der Waals surface area (Å²) in [7, 11) is 0. The number of nitrogens with one attached hydrogen (secondary N) is 1. The fourth-order valence-electron chi connectivity index (χ4n) is 0.752. The topological polar surface area (TPSA) is 49.3 Å². The van der Waals surface area contributed by atoms with Crippen molar-refractivity contribution in [2.75, 3.05) is 13.1 Å². The monoisotopic (exact) mass is 183 g/mol. The zero-order chi connectivity index (χ0) is 10.3. The maximum Gasteiger partial charge on any atom is 0.310 e. The Kier molecular flexibility index (Phi) is 5.17. The van der Waals surface area contributed by atoms with E-state index in [1.165, 1.54) is 0 Å². The van der Waals surface area contributed by atoms with E-state index in [1.807, 2.05) is 0 Å². The first kappa shape index (κ1) is 12.0. The van der Waals surface area contributed by atoms with Gasteiger partial charge in [-0.3, -0.25) is 4.79 Å². The molecule has 0 aromatic heterocycles. The molecule has 0 radical (unpaired) electrons. The third-order valence-electron chi connectivity index (χ3n) is 1.75. The van der Waals surface area contributed by atoms with Crippen LogP contribution < -0.4 is 5.32 Å². The Labute approximate surface area is 79.5 Å². The molecule has 0 saturated carbocycles. The number of hydrogen-bond acceptors (Lipinski definition) is 2. The highest BCUT2D eigenvalue weighted by atomic mass is 16.4. The minimum atomic E-state index is -0.776. The number of aliphatic carboxylic acids is 1. The van der Waals surface area contributed by atoms with Gasteiger partial charge in [0.2, 0.25) is 0 Å². The molecule has 0 bridgehead atoms. The van der Waals surface area contributed by atoms with Crippen LogP contribution in [0, 0.1) is 17.3 Å². The third-order valence-corrected chi connectivity index (χ3v) is 1.75. The second kappa shape index (κ2) is 5.60. The molecule has 0 heterocycles. The van der Waals surface area contributed by atoms with Crippen LogP contribution in [0.25, 0.3) is 0 Å². The average Bonchev–Trinajstić information content (AvgIpc) is 2.03. The number of carboxylic acids is 1. The van der Waals surface area contributed by atoms with Crippen LogP contribution in [-0.4, -0.2) is 24.2 Å². The lowest BCUT2D eigenvalue weighted by Crippen LogP contribution is -2.36. The fourth-order valence-corrected chi connectivity index (χ4v) is 0.752. The molecule has 0 aliphatic heterocycles. The van der Waals surface area contributed by atoms with Gasteiger partial charge in [0.05, 0.1) is 5.41 Å². The van der Waals surface area contributed by atoms with Gasteiger partial charge in [0.1, 0.15) is 0 Å². The van der Waals surface area contributed by atoms with Crippen LogP contribution in [0.4, 0.5) is 0 Å². The summed E-state index contributed by atoms with van der Waals surface area (Å²) in [6, 6.07) is 0. The SMILES string of the molecule is CC#CCCNCC(C)(C)C(=O)O. The summed E-state index contributed by atoms with van der Waals surface area (Å²) in [5, 5.41) is 11.8. The Hall–Kier alpha value is -1.01. The van der Waals surface area contributed by atoms with Crippen LogP contribution in [0.5, 0.6) is 0 Å². The van der Waals surface area contributed by atoms with Crippen molar-refractivity contribution >= 4 is 5.97 Å². The van der Waals surface area contributed by atoms with Crippen LogP contribution >= 0.6 is 0 Å². The summed E-state index contributed by atoms with van der Waals surface area (Å²) in [5.41, 5.74) is -0.695. The Balaban J connectivity index is 3.62. The first-order chi connectivity index (χ1) is 6.00. The normalized spacial score (nSPS) is 10.4. The lowest BCUT2D eigenvalue weighted by atomic mass is 9.94. The lowest BCUT2D eigenvalue weighted by Gasteiger charge is -2.18. The Morgan fingerprint density at radius 1 is 1.54 bits per heavy atom. The van der Waals surface area contributed by atoms with Crippen molar-refractivity contribution in [2.24, 2.45) is 5.41 Å². The molecule has 0 aliphatic rings. The van der Waals surface area contributed by atoms with E-state index in [0.29, 0.717) is 6.54 Å². The zero-order valence-electron chi connectivity index (χ0n) is 8.48. The molecule has 0 saturated heterocycles. The Morgan fingerprint density at radius 2 is 2.15 bits per heavy atom. The molecule has 74 valence electrons. The van der Waals surface area contributed by atoms with Gasteiger partial charge in [0, 0.05) is 19.5 Å². The van der Waals surface area contributed by atoms with Crippen molar-refractivity contribution in [2.45, 2.75) is 27.2 Å². The van der Waals surface area contributed by atoms with Gasteiger partial charge in [-0.15, -0.1) is 11.8 Å². The summed E-state index contributed by atoms with van der Waals surface area (Å²) in [6.07, 6.45) is 0.770. The maximum atomic E-state index is 10.7. The first-order valence-corrected chi connectivity index (χ1v) is 4.34. The smallest absolute Gasteiger partial charge is 0.310 e. The molecule has 0 aromatic rings. The number of hydrogen-bond donors (Lipinski definition) is 2. The molecule has 0 unspecified atom stereocenters. The second-order valence-corrected chi connectivity index (χ2v) is 3.54. The van der Waals surface area contributed by atoms with Gasteiger partial charge in [-0.05, 0) is 20.8 Å². The van der Waals surface area contributed by atoms with Crippen LogP contribution in [-0.2, 0) is 4.79 Å². The van der Waals surface area contributed by atoms with Crippen LogP contribution in [0.3, 0.4) is 0 Å². The van der Waals surface area contributed by atoms with Crippen molar-refractivity contribution < 1.29 is 9.90 Å². The van der Waals surface area contributed by atoms with Crippen molar-refractivity contribution in [3.8, 4) is 11.8 Å². The highest BCUT2D eigenvalue weighted by molar-refractivity contribution is 5.73. The van der Waals surface area contributed by atoms with E-state index in [2.05, 4.69) is 17.2 Å². The van der Waals surface area contributed by atoms with Crippen LogP contribution in [0.1, 0.15) is 27.2 Å². The molecule has 13 heavy (non-hydrogen) atoms. The van der Waals surface area contributed by atoms with E-state index in [4.69, 9.17) is 5.11 Å². The van der Waals surface area contributed by atoms with Crippen molar-refractivity contribution in [1.29, 1.82) is 0 Å². The highest BCUT2D eigenvalue weighted by Gasteiger charge is 2.25. The molecule has 0 aromatic carbocycles. The summed E-state index contributed by atoms with van der Waals surface area (Å²) in [5.74, 6) is 4.91. The van der Waals surface area contributed by atoms with E-state index in [9.17, 15) is 4.79 Å². The summed E-state index contributed by atoms with van der Waals surface area (Å²) in [6.45, 7) is 6.42. The van der Waals surface area contributed by atoms with E-state index in [0.717, 1.165) is 13.0 Å². The van der Waals surface area contributed by atoms with E-state index in [1.54, 1.807) is 20.8 Å². The van der Waals surface area contributed by atoms with Crippen molar-refractivity contribution in [3.63, 3.8) is 0 Å². The largest absolute Gasteiger partial charge is 0.481 e. The minimum Gasteiger partial charge on any atom is -0.481 e. The number of carboxylic acid groups (broad SMARTS) is 1. The van der Waals surface area contributed by atoms with Gasteiger partial charge in [0.15, 0.2) is 0 Å². The molecule has 0 spiro atoms. The van der Waals surface area contributed by atoms with E-state index < -0.39 is 11.4 Å². The van der Waals surface area contributed by atoms with Crippen molar-refractivity contribution in [1.82, 2.24) is 5.32 Å². The summed E-state index contributed by atoms with van der Waals surface area (Å²) < 4.78 is 0. The van der Waals surface area contributed by atoms with Gasteiger partial charge in [-0.1, -0.05) is 0 Å². The highest BCUT2D eigenvalue weighted by Crippen LogP contribution is 2.12. The first-order valence-electron chi connectivity index (χ1n) is 4.34. The summed E-state index contributed by atoms with van der Waals surface area (Å²) >= 11 is 0.